The molecule has 0 spiro atoms. The molecule has 0 aliphatic rings. The molecular weight excluding hydrogens is 365 g/mol. The molecule has 1 amide bonds. The van der Waals surface area contributed by atoms with Crippen molar-refractivity contribution < 1.29 is 32.2 Å². The highest BCUT2D eigenvalue weighted by atomic mass is 19.4. The maximum absolute atomic E-state index is 12.5. The third kappa shape index (κ3) is 5.25. The lowest BCUT2D eigenvalue weighted by molar-refractivity contribution is -0.274. The second kappa shape index (κ2) is 8.15. The summed E-state index contributed by atoms with van der Waals surface area (Å²) in [5.41, 5.74) is 1.40. The van der Waals surface area contributed by atoms with Crippen LogP contribution in [0.4, 0.5) is 18.9 Å². The number of carbonyl (C=O) groups excluding carboxylic acids is 2. The van der Waals surface area contributed by atoms with Gasteiger partial charge in [0.1, 0.15) is 6.54 Å². The van der Waals surface area contributed by atoms with Gasteiger partial charge in [0.05, 0.1) is 17.9 Å². The van der Waals surface area contributed by atoms with Crippen molar-refractivity contribution in [1.29, 1.82) is 0 Å². The largest absolute Gasteiger partial charge is 0.573 e. The molecule has 1 aromatic heterocycles. The molecular formula is C18H19F3N2O4. The highest BCUT2D eigenvalue weighted by Gasteiger charge is 2.32. The number of halogens is 3. The van der Waals surface area contributed by atoms with E-state index in [4.69, 9.17) is 4.74 Å². The van der Waals surface area contributed by atoms with Gasteiger partial charge in [-0.25, -0.2) is 4.79 Å². The van der Waals surface area contributed by atoms with Gasteiger partial charge in [0, 0.05) is 11.4 Å². The monoisotopic (exact) mass is 384 g/mol. The SMILES string of the molecule is CCOC(=O)c1cc(C)n(CC(=O)Nc2ccccc2OC(F)(F)F)c1C. The number of aryl methyl sites for hydroxylation is 1. The van der Waals surface area contributed by atoms with Crippen LogP contribution in [0.15, 0.2) is 30.3 Å². The first-order valence-electron chi connectivity index (χ1n) is 8.11. The van der Waals surface area contributed by atoms with Crippen LogP contribution in [-0.4, -0.2) is 29.4 Å². The van der Waals surface area contributed by atoms with Gasteiger partial charge in [-0.2, -0.15) is 0 Å². The van der Waals surface area contributed by atoms with E-state index in [2.05, 4.69) is 10.1 Å². The molecule has 0 bridgehead atoms. The number of hydrogen-bond donors (Lipinski definition) is 1. The second-order valence-electron chi connectivity index (χ2n) is 5.68. The molecule has 2 aromatic rings. The number of rotatable bonds is 6. The van der Waals surface area contributed by atoms with Crippen molar-refractivity contribution in [3.8, 4) is 5.75 Å². The summed E-state index contributed by atoms with van der Waals surface area (Å²) in [5, 5.41) is 2.40. The molecule has 1 N–H and O–H groups in total. The van der Waals surface area contributed by atoms with Gasteiger partial charge in [-0.15, -0.1) is 13.2 Å². The number of para-hydroxylation sites is 2. The molecule has 6 nitrogen and oxygen atoms in total. The molecule has 1 heterocycles. The lowest BCUT2D eigenvalue weighted by atomic mass is 10.2. The van der Waals surface area contributed by atoms with Gasteiger partial charge >= 0.3 is 12.3 Å². The second-order valence-corrected chi connectivity index (χ2v) is 5.68. The van der Waals surface area contributed by atoms with Gasteiger partial charge < -0.3 is 19.4 Å². The molecule has 2 rings (SSSR count). The Labute approximate surface area is 153 Å². The fourth-order valence-electron chi connectivity index (χ4n) is 2.58. The summed E-state index contributed by atoms with van der Waals surface area (Å²) in [6, 6.07) is 6.85. The van der Waals surface area contributed by atoms with E-state index in [0.717, 1.165) is 6.07 Å². The maximum atomic E-state index is 12.5. The van der Waals surface area contributed by atoms with E-state index in [1.54, 1.807) is 31.4 Å². The predicted molar refractivity (Wildman–Crippen MR) is 91.6 cm³/mol. The van der Waals surface area contributed by atoms with E-state index in [1.165, 1.54) is 18.2 Å². The number of nitrogens with one attached hydrogen (secondary N) is 1. The van der Waals surface area contributed by atoms with Gasteiger partial charge in [0.15, 0.2) is 5.75 Å². The van der Waals surface area contributed by atoms with Crippen molar-refractivity contribution >= 4 is 17.6 Å². The van der Waals surface area contributed by atoms with Crippen LogP contribution in [0.1, 0.15) is 28.7 Å². The molecule has 0 saturated carbocycles. The Morgan fingerprint density at radius 1 is 1.19 bits per heavy atom. The van der Waals surface area contributed by atoms with Crippen molar-refractivity contribution in [2.45, 2.75) is 33.7 Å². The zero-order chi connectivity index (χ0) is 20.2. The first kappa shape index (κ1) is 20.3. The topological polar surface area (TPSA) is 69.6 Å². The van der Waals surface area contributed by atoms with Crippen LogP contribution in [0.2, 0.25) is 0 Å². The first-order valence-corrected chi connectivity index (χ1v) is 8.11. The summed E-state index contributed by atoms with van der Waals surface area (Å²) in [5.74, 6) is -1.57. The standard InChI is InChI=1S/C18H19F3N2O4/c1-4-26-17(25)13-9-11(2)23(12(13)3)10-16(24)22-14-7-5-6-8-15(14)27-18(19,20)21/h5-9H,4,10H2,1-3H3,(H,22,24). The van der Waals surface area contributed by atoms with Gasteiger partial charge in [0.25, 0.3) is 0 Å². The molecule has 0 fully saturated rings. The fraction of sp³-hybridized carbons (Fsp3) is 0.333. The van der Waals surface area contributed by atoms with Gasteiger partial charge in [-0.1, -0.05) is 12.1 Å². The number of alkyl halides is 3. The van der Waals surface area contributed by atoms with Crippen molar-refractivity contribution in [2.75, 3.05) is 11.9 Å². The van der Waals surface area contributed by atoms with E-state index in [9.17, 15) is 22.8 Å². The molecule has 0 aliphatic heterocycles. The fourth-order valence-corrected chi connectivity index (χ4v) is 2.58. The first-order chi connectivity index (χ1) is 12.6. The Hall–Kier alpha value is -2.97. The number of esters is 1. The number of aromatic nitrogens is 1. The van der Waals surface area contributed by atoms with Crippen LogP contribution in [0, 0.1) is 13.8 Å². The predicted octanol–water partition coefficient (Wildman–Crippen LogP) is 3.82. The van der Waals surface area contributed by atoms with Crippen LogP contribution in [0.3, 0.4) is 0 Å². The summed E-state index contributed by atoms with van der Waals surface area (Å²) in [4.78, 5) is 24.3. The third-order valence-electron chi connectivity index (χ3n) is 3.76. The molecule has 0 atom stereocenters. The minimum absolute atomic E-state index is 0.104. The summed E-state index contributed by atoms with van der Waals surface area (Å²) >= 11 is 0. The van der Waals surface area contributed by atoms with Gasteiger partial charge in [0.2, 0.25) is 5.91 Å². The summed E-state index contributed by atoms with van der Waals surface area (Å²) in [6.07, 6.45) is -4.87. The Bertz CT molecular complexity index is 844. The van der Waals surface area contributed by atoms with Crippen molar-refractivity contribution in [3.63, 3.8) is 0 Å². The molecule has 1 aromatic carbocycles. The third-order valence-corrected chi connectivity index (χ3v) is 3.76. The van der Waals surface area contributed by atoms with E-state index in [0.29, 0.717) is 17.0 Å². The summed E-state index contributed by atoms with van der Waals surface area (Å²) in [7, 11) is 0. The Kier molecular flexibility index (Phi) is 6.14. The smallest absolute Gasteiger partial charge is 0.462 e. The maximum Gasteiger partial charge on any atom is 0.573 e. The summed E-state index contributed by atoms with van der Waals surface area (Å²) < 4.78 is 47.9. The van der Waals surface area contributed by atoms with Crippen LogP contribution >= 0.6 is 0 Å². The van der Waals surface area contributed by atoms with E-state index >= 15 is 0 Å². The Morgan fingerprint density at radius 3 is 2.48 bits per heavy atom. The van der Waals surface area contributed by atoms with E-state index in [-0.39, 0.29) is 18.8 Å². The molecule has 0 aliphatic carbocycles. The van der Waals surface area contributed by atoms with Crippen LogP contribution in [0.5, 0.6) is 5.75 Å². The number of benzene rings is 1. The van der Waals surface area contributed by atoms with Crippen LogP contribution in [-0.2, 0) is 16.1 Å². The molecule has 0 unspecified atom stereocenters. The normalized spacial score (nSPS) is 11.2. The molecule has 0 radical (unpaired) electrons. The average Bonchev–Trinajstić information content (AvgIpc) is 2.84. The molecule has 0 saturated heterocycles. The highest BCUT2D eigenvalue weighted by Crippen LogP contribution is 2.30. The number of carbonyl (C=O) groups is 2. The van der Waals surface area contributed by atoms with Crippen molar-refractivity contribution in [2.24, 2.45) is 0 Å². The molecule has 27 heavy (non-hydrogen) atoms. The number of amides is 1. The van der Waals surface area contributed by atoms with Crippen molar-refractivity contribution in [3.05, 3.63) is 47.3 Å². The number of anilines is 1. The van der Waals surface area contributed by atoms with E-state index in [1.807, 2.05) is 0 Å². The van der Waals surface area contributed by atoms with Gasteiger partial charge in [-0.3, -0.25) is 4.79 Å². The minimum Gasteiger partial charge on any atom is -0.462 e. The Morgan fingerprint density at radius 2 is 1.85 bits per heavy atom. The van der Waals surface area contributed by atoms with E-state index < -0.39 is 24.0 Å². The summed E-state index contributed by atoms with van der Waals surface area (Å²) in [6.45, 7) is 5.10. The lowest BCUT2D eigenvalue weighted by Gasteiger charge is -2.15. The van der Waals surface area contributed by atoms with Crippen molar-refractivity contribution in [1.82, 2.24) is 4.57 Å². The number of hydrogen-bond acceptors (Lipinski definition) is 4. The number of ether oxygens (including phenoxy) is 2. The lowest BCUT2D eigenvalue weighted by Crippen LogP contribution is -2.22. The molecule has 9 heteroatoms. The Balaban J connectivity index is 2.17. The van der Waals surface area contributed by atoms with Crippen LogP contribution in [0.25, 0.3) is 0 Å². The average molecular weight is 384 g/mol. The van der Waals surface area contributed by atoms with Crippen LogP contribution < -0.4 is 10.1 Å². The molecule has 146 valence electrons. The number of nitrogens with zero attached hydrogens (tertiary/aromatic N) is 1. The zero-order valence-electron chi connectivity index (χ0n) is 15.0. The quantitative estimate of drug-likeness (QED) is 0.769. The van der Waals surface area contributed by atoms with Gasteiger partial charge in [-0.05, 0) is 39.0 Å². The minimum atomic E-state index is -4.87. The zero-order valence-corrected chi connectivity index (χ0v) is 15.0. The highest BCUT2D eigenvalue weighted by molar-refractivity contribution is 5.93.